The first kappa shape index (κ1) is 28.5. The molecule has 216 valence electrons. The smallest absolute Gasteiger partial charge is 0.263 e. The molecule has 1 saturated carbocycles. The molecular formula is C33H40N4O4. The lowest BCUT2D eigenvalue weighted by atomic mass is 9.95. The number of hydrogen-bond acceptors (Lipinski definition) is 6. The molecule has 1 saturated heterocycles. The molecule has 0 atom stereocenters. The molecule has 2 amide bonds. The van der Waals surface area contributed by atoms with Crippen LogP contribution in [0, 0.1) is 0 Å². The molecule has 0 aromatic heterocycles. The van der Waals surface area contributed by atoms with Crippen molar-refractivity contribution in [3.63, 3.8) is 0 Å². The maximum absolute atomic E-state index is 13.7. The molecule has 0 unspecified atom stereocenters. The second kappa shape index (κ2) is 13.5. The highest BCUT2D eigenvalue weighted by Gasteiger charge is 2.25. The van der Waals surface area contributed by atoms with Gasteiger partial charge in [-0.3, -0.25) is 14.5 Å². The van der Waals surface area contributed by atoms with Gasteiger partial charge in [-0.2, -0.15) is 0 Å². The van der Waals surface area contributed by atoms with Gasteiger partial charge in [0.1, 0.15) is 17.1 Å². The zero-order valence-electron chi connectivity index (χ0n) is 24.0. The zero-order chi connectivity index (χ0) is 28.6. The van der Waals surface area contributed by atoms with E-state index in [-0.39, 0.29) is 17.9 Å². The van der Waals surface area contributed by atoms with Crippen LogP contribution in [0.4, 0.5) is 11.4 Å². The third kappa shape index (κ3) is 7.00. The lowest BCUT2D eigenvalue weighted by Gasteiger charge is -2.37. The minimum Gasteiger partial charge on any atom is -0.496 e. The van der Waals surface area contributed by atoms with Gasteiger partial charge in [-0.25, -0.2) is 0 Å². The van der Waals surface area contributed by atoms with Gasteiger partial charge >= 0.3 is 0 Å². The van der Waals surface area contributed by atoms with Gasteiger partial charge in [0.15, 0.2) is 0 Å². The molecule has 5 rings (SSSR count). The number of amides is 2. The quantitative estimate of drug-likeness (QED) is 0.370. The molecule has 0 bridgehead atoms. The van der Waals surface area contributed by atoms with Crippen molar-refractivity contribution >= 4 is 23.2 Å². The number of anilines is 2. The topological polar surface area (TPSA) is 83.1 Å². The Morgan fingerprint density at radius 1 is 0.805 bits per heavy atom. The first-order valence-electron chi connectivity index (χ1n) is 14.5. The Hall–Kier alpha value is -4.04. The Morgan fingerprint density at radius 3 is 2.15 bits per heavy atom. The van der Waals surface area contributed by atoms with E-state index in [2.05, 4.69) is 44.7 Å². The van der Waals surface area contributed by atoms with Crippen molar-refractivity contribution in [3.05, 3.63) is 83.4 Å². The minimum atomic E-state index is -0.361. The zero-order valence-corrected chi connectivity index (χ0v) is 24.0. The first-order valence-corrected chi connectivity index (χ1v) is 14.5. The van der Waals surface area contributed by atoms with Crippen LogP contribution < -0.4 is 25.0 Å². The molecule has 1 aliphatic carbocycles. The van der Waals surface area contributed by atoms with Crippen LogP contribution in [-0.2, 0) is 6.54 Å². The molecule has 0 radical (unpaired) electrons. The second-order valence-corrected chi connectivity index (χ2v) is 10.8. The Labute approximate surface area is 242 Å². The fourth-order valence-corrected chi connectivity index (χ4v) is 5.84. The molecule has 3 aromatic carbocycles. The molecule has 1 heterocycles. The summed E-state index contributed by atoms with van der Waals surface area (Å²) in [6.07, 6.45) is 5.50. The summed E-state index contributed by atoms with van der Waals surface area (Å²) in [6.45, 7) is 4.37. The minimum absolute atomic E-state index is 0.0930. The van der Waals surface area contributed by atoms with Gasteiger partial charge in [-0.05, 0) is 48.7 Å². The number of carbonyl (C=O) groups excluding carboxylic acids is 2. The van der Waals surface area contributed by atoms with E-state index in [4.69, 9.17) is 9.47 Å². The van der Waals surface area contributed by atoms with Crippen molar-refractivity contribution in [3.8, 4) is 11.5 Å². The Morgan fingerprint density at radius 2 is 1.49 bits per heavy atom. The van der Waals surface area contributed by atoms with Gasteiger partial charge < -0.3 is 25.0 Å². The lowest BCUT2D eigenvalue weighted by molar-refractivity contribution is 0.0926. The number of piperazine rings is 1. The molecular weight excluding hydrogens is 516 g/mol. The van der Waals surface area contributed by atoms with Crippen LogP contribution in [0.1, 0.15) is 58.4 Å². The van der Waals surface area contributed by atoms with Gasteiger partial charge in [0, 0.05) is 50.1 Å². The van der Waals surface area contributed by atoms with Crippen LogP contribution in [0.2, 0.25) is 0 Å². The summed E-state index contributed by atoms with van der Waals surface area (Å²) >= 11 is 0. The predicted molar refractivity (Wildman–Crippen MR) is 162 cm³/mol. The van der Waals surface area contributed by atoms with E-state index in [0.717, 1.165) is 64.1 Å². The summed E-state index contributed by atoms with van der Waals surface area (Å²) in [7, 11) is 3.04. The fraction of sp³-hybridized carbons (Fsp3) is 0.394. The molecule has 1 aliphatic heterocycles. The molecule has 0 spiro atoms. The molecule has 3 aromatic rings. The van der Waals surface area contributed by atoms with Crippen molar-refractivity contribution in [1.29, 1.82) is 0 Å². The van der Waals surface area contributed by atoms with Gasteiger partial charge in [0.25, 0.3) is 11.8 Å². The maximum Gasteiger partial charge on any atom is 0.263 e. The summed E-state index contributed by atoms with van der Waals surface area (Å²) in [5, 5.41) is 6.24. The molecule has 2 aliphatic rings. The van der Waals surface area contributed by atoms with E-state index in [1.54, 1.807) is 24.3 Å². The van der Waals surface area contributed by atoms with Crippen LogP contribution in [0.5, 0.6) is 11.5 Å². The molecule has 8 heteroatoms. The standard InChI is InChI=1S/C33H40N4O4/c1-40-29-14-9-15-30(41-2)31(29)33(39)35-26-16-17-28(27(22-26)32(38)34-25-12-7-4-8-13-25)37-20-18-36(19-21-37)23-24-10-5-3-6-11-24/h3,5-6,9-11,14-17,22,25H,4,7-8,12-13,18-21,23H2,1-2H3,(H,34,38)(H,35,39). The fourth-order valence-electron chi connectivity index (χ4n) is 5.84. The molecule has 2 fully saturated rings. The van der Waals surface area contributed by atoms with Crippen LogP contribution >= 0.6 is 0 Å². The highest BCUT2D eigenvalue weighted by Crippen LogP contribution is 2.31. The van der Waals surface area contributed by atoms with Gasteiger partial charge in [0.2, 0.25) is 0 Å². The van der Waals surface area contributed by atoms with E-state index >= 15 is 0 Å². The monoisotopic (exact) mass is 556 g/mol. The van der Waals surface area contributed by atoms with Crippen LogP contribution in [0.3, 0.4) is 0 Å². The van der Waals surface area contributed by atoms with E-state index < -0.39 is 0 Å². The van der Waals surface area contributed by atoms with Crippen LogP contribution in [0.15, 0.2) is 66.7 Å². The average molecular weight is 557 g/mol. The van der Waals surface area contributed by atoms with Crippen molar-refractivity contribution in [2.75, 3.05) is 50.6 Å². The Balaban J connectivity index is 1.36. The first-order chi connectivity index (χ1) is 20.1. The van der Waals surface area contributed by atoms with Gasteiger partial charge in [-0.15, -0.1) is 0 Å². The number of nitrogens with zero attached hydrogens (tertiary/aromatic N) is 2. The highest BCUT2D eigenvalue weighted by molar-refractivity contribution is 6.09. The van der Waals surface area contributed by atoms with Crippen molar-refractivity contribution in [2.45, 2.75) is 44.7 Å². The van der Waals surface area contributed by atoms with Crippen LogP contribution in [-0.4, -0.2) is 63.2 Å². The van der Waals surface area contributed by atoms with E-state index in [9.17, 15) is 9.59 Å². The van der Waals surface area contributed by atoms with E-state index in [1.165, 1.54) is 26.2 Å². The summed E-state index contributed by atoms with van der Waals surface area (Å²) in [4.78, 5) is 31.8. The normalized spacial score (nSPS) is 16.2. The number of benzene rings is 3. The summed E-state index contributed by atoms with van der Waals surface area (Å²) in [5.41, 5.74) is 3.63. The maximum atomic E-state index is 13.7. The number of nitrogens with one attached hydrogen (secondary N) is 2. The Kier molecular flexibility index (Phi) is 9.41. The number of carbonyl (C=O) groups is 2. The average Bonchev–Trinajstić information content (AvgIpc) is 3.02. The van der Waals surface area contributed by atoms with Crippen LogP contribution in [0.25, 0.3) is 0 Å². The summed E-state index contributed by atoms with van der Waals surface area (Å²) < 4.78 is 10.8. The number of rotatable bonds is 9. The summed E-state index contributed by atoms with van der Waals surface area (Å²) in [5.74, 6) is 0.383. The molecule has 8 nitrogen and oxygen atoms in total. The van der Waals surface area contributed by atoms with Crippen molar-refractivity contribution in [2.24, 2.45) is 0 Å². The number of methoxy groups -OCH3 is 2. The van der Waals surface area contributed by atoms with Crippen molar-refractivity contribution < 1.29 is 19.1 Å². The lowest BCUT2D eigenvalue weighted by Crippen LogP contribution is -2.46. The van der Waals surface area contributed by atoms with E-state index in [0.29, 0.717) is 28.3 Å². The SMILES string of the molecule is COc1cccc(OC)c1C(=O)Nc1ccc(N2CCN(Cc3ccccc3)CC2)c(C(=O)NC2CCCCC2)c1. The molecule has 2 N–H and O–H groups in total. The second-order valence-electron chi connectivity index (χ2n) is 10.8. The Bertz CT molecular complexity index is 1310. The highest BCUT2D eigenvalue weighted by atomic mass is 16.5. The third-order valence-electron chi connectivity index (χ3n) is 8.06. The summed E-state index contributed by atoms with van der Waals surface area (Å²) in [6, 6.07) is 21.5. The third-order valence-corrected chi connectivity index (χ3v) is 8.06. The van der Waals surface area contributed by atoms with Gasteiger partial charge in [0.05, 0.1) is 19.8 Å². The number of ether oxygens (including phenoxy) is 2. The van der Waals surface area contributed by atoms with Gasteiger partial charge in [-0.1, -0.05) is 55.7 Å². The largest absolute Gasteiger partial charge is 0.496 e. The number of hydrogen-bond donors (Lipinski definition) is 2. The predicted octanol–water partition coefficient (Wildman–Crippen LogP) is 5.34. The van der Waals surface area contributed by atoms with E-state index in [1.807, 2.05) is 18.2 Å². The molecule has 41 heavy (non-hydrogen) atoms. The van der Waals surface area contributed by atoms with Crippen molar-refractivity contribution in [1.82, 2.24) is 10.2 Å².